The van der Waals surface area contributed by atoms with Gasteiger partial charge in [-0.05, 0) is 44.5 Å². The van der Waals surface area contributed by atoms with Gasteiger partial charge in [0.25, 0.3) is 0 Å². The third-order valence-electron chi connectivity index (χ3n) is 5.56. The number of piperazine rings is 1. The zero-order chi connectivity index (χ0) is 21.5. The molecule has 1 atom stereocenters. The summed E-state index contributed by atoms with van der Waals surface area (Å²) in [7, 11) is 0. The van der Waals surface area contributed by atoms with Gasteiger partial charge in [-0.15, -0.1) is 0 Å². The number of anilines is 1. The number of nitrogens with one attached hydrogen (secondary N) is 1. The lowest BCUT2D eigenvalue weighted by Gasteiger charge is -2.36. The highest BCUT2D eigenvalue weighted by molar-refractivity contribution is 5.99. The van der Waals surface area contributed by atoms with Crippen LogP contribution in [-0.4, -0.2) is 60.3 Å². The molecule has 2 heterocycles. The molecule has 1 aromatic carbocycles. The molecule has 2 aromatic rings. The number of aryl methyl sites for hydroxylation is 2. The Balaban J connectivity index is 1.39. The average Bonchev–Trinajstić information content (AvgIpc) is 2.75. The Labute approximate surface area is 179 Å². The topological polar surface area (TPSA) is 65.5 Å². The minimum atomic E-state index is -0.0618. The highest BCUT2D eigenvalue weighted by Crippen LogP contribution is 2.14. The highest BCUT2D eigenvalue weighted by atomic mass is 16.2. The Morgan fingerprint density at radius 3 is 2.53 bits per heavy atom. The number of pyridine rings is 1. The van der Waals surface area contributed by atoms with E-state index in [9.17, 15) is 9.59 Å². The van der Waals surface area contributed by atoms with Crippen LogP contribution in [0, 0.1) is 13.8 Å². The first-order valence-corrected chi connectivity index (χ1v) is 10.7. The van der Waals surface area contributed by atoms with Crippen molar-refractivity contribution in [3.05, 3.63) is 59.3 Å². The average molecular weight is 409 g/mol. The van der Waals surface area contributed by atoms with Gasteiger partial charge in [-0.2, -0.15) is 0 Å². The van der Waals surface area contributed by atoms with Crippen molar-refractivity contribution < 1.29 is 9.59 Å². The van der Waals surface area contributed by atoms with Crippen molar-refractivity contribution in [2.24, 2.45) is 0 Å². The first-order valence-electron chi connectivity index (χ1n) is 10.7. The van der Waals surface area contributed by atoms with Crippen molar-refractivity contribution in [2.45, 2.75) is 39.7 Å². The van der Waals surface area contributed by atoms with Crippen LogP contribution in [0.3, 0.4) is 0 Å². The van der Waals surface area contributed by atoms with Crippen LogP contribution >= 0.6 is 0 Å². The number of carbonyl (C=O) groups is 2. The largest absolute Gasteiger partial charge is 0.354 e. The lowest BCUT2D eigenvalue weighted by molar-refractivity contribution is -0.121. The zero-order valence-electron chi connectivity index (χ0n) is 18.2. The summed E-state index contributed by atoms with van der Waals surface area (Å²) in [5.41, 5.74) is 2.75. The van der Waals surface area contributed by atoms with Crippen LogP contribution in [0.2, 0.25) is 0 Å². The smallest absolute Gasteiger partial charge is 0.220 e. The third kappa shape index (κ3) is 6.13. The van der Waals surface area contributed by atoms with Gasteiger partial charge < -0.3 is 10.2 Å². The maximum Gasteiger partial charge on any atom is 0.220 e. The number of nitrogens with zero attached hydrogens (tertiary/aromatic N) is 3. The van der Waals surface area contributed by atoms with Crippen LogP contribution < -0.4 is 10.2 Å². The molecule has 160 valence electrons. The SMILES string of the molecule is Cc1ccc(C)c(C(=O)CCC(=O)NC(C)CN2CCN(c3ccccn3)CC2)c1. The molecule has 0 radical (unpaired) electrons. The van der Waals surface area contributed by atoms with Crippen LogP contribution in [0.4, 0.5) is 5.82 Å². The fraction of sp³-hybridized carbons (Fsp3) is 0.458. The summed E-state index contributed by atoms with van der Waals surface area (Å²) in [6.07, 6.45) is 2.29. The molecular formula is C24H32N4O2. The minimum Gasteiger partial charge on any atom is -0.354 e. The molecule has 0 aliphatic carbocycles. The van der Waals surface area contributed by atoms with E-state index >= 15 is 0 Å². The van der Waals surface area contributed by atoms with Gasteiger partial charge in [0.05, 0.1) is 0 Å². The molecule has 0 spiro atoms. The Morgan fingerprint density at radius 2 is 1.83 bits per heavy atom. The molecule has 1 fully saturated rings. The van der Waals surface area contributed by atoms with Crippen molar-refractivity contribution in [1.29, 1.82) is 0 Å². The van der Waals surface area contributed by atoms with E-state index in [1.165, 1.54) is 0 Å². The molecule has 1 unspecified atom stereocenters. The normalized spacial score (nSPS) is 15.6. The monoisotopic (exact) mass is 408 g/mol. The second-order valence-corrected chi connectivity index (χ2v) is 8.19. The molecule has 6 nitrogen and oxygen atoms in total. The molecule has 1 amide bonds. The number of benzene rings is 1. The van der Waals surface area contributed by atoms with Crippen LogP contribution in [0.15, 0.2) is 42.6 Å². The van der Waals surface area contributed by atoms with Gasteiger partial charge in [0.1, 0.15) is 5.82 Å². The first-order chi connectivity index (χ1) is 14.4. The quantitative estimate of drug-likeness (QED) is 0.681. The van der Waals surface area contributed by atoms with Gasteiger partial charge in [-0.1, -0.05) is 23.8 Å². The van der Waals surface area contributed by atoms with E-state index in [-0.39, 0.29) is 30.6 Å². The second-order valence-electron chi connectivity index (χ2n) is 8.19. The highest BCUT2D eigenvalue weighted by Gasteiger charge is 2.20. The number of ketones is 1. The number of aromatic nitrogens is 1. The summed E-state index contributed by atoms with van der Waals surface area (Å²) in [5, 5.41) is 3.04. The summed E-state index contributed by atoms with van der Waals surface area (Å²) in [4.78, 5) is 33.9. The van der Waals surface area contributed by atoms with E-state index in [4.69, 9.17) is 0 Å². The fourth-order valence-electron chi connectivity index (χ4n) is 3.88. The Morgan fingerprint density at radius 1 is 1.07 bits per heavy atom. The Bertz CT molecular complexity index is 861. The van der Waals surface area contributed by atoms with Crippen molar-refractivity contribution >= 4 is 17.5 Å². The second kappa shape index (κ2) is 10.3. The Kier molecular flexibility index (Phi) is 7.57. The molecule has 0 saturated carbocycles. The summed E-state index contributed by atoms with van der Waals surface area (Å²) in [6.45, 7) is 10.5. The van der Waals surface area contributed by atoms with E-state index in [0.717, 1.165) is 55.2 Å². The molecule has 1 aliphatic rings. The predicted octanol–water partition coefficient (Wildman–Crippen LogP) is 2.99. The lowest BCUT2D eigenvalue weighted by atomic mass is 9.99. The van der Waals surface area contributed by atoms with E-state index in [1.54, 1.807) is 0 Å². The molecule has 0 bridgehead atoms. The van der Waals surface area contributed by atoms with Crippen molar-refractivity contribution in [2.75, 3.05) is 37.6 Å². The molecular weight excluding hydrogens is 376 g/mol. The number of Topliss-reactive ketones (excluding diaryl/α,β-unsaturated/α-hetero) is 1. The lowest BCUT2D eigenvalue weighted by Crippen LogP contribution is -2.51. The van der Waals surface area contributed by atoms with Crippen LogP contribution in [0.1, 0.15) is 41.3 Å². The van der Waals surface area contributed by atoms with Crippen LogP contribution in [0.25, 0.3) is 0 Å². The van der Waals surface area contributed by atoms with Gasteiger partial charge in [0.15, 0.2) is 5.78 Å². The molecule has 6 heteroatoms. The van der Waals surface area contributed by atoms with Gasteiger partial charge in [0.2, 0.25) is 5.91 Å². The molecule has 1 aliphatic heterocycles. The summed E-state index contributed by atoms with van der Waals surface area (Å²) < 4.78 is 0. The van der Waals surface area contributed by atoms with Crippen molar-refractivity contribution in [3.8, 4) is 0 Å². The van der Waals surface area contributed by atoms with E-state index < -0.39 is 0 Å². The minimum absolute atomic E-state index is 0.0321. The van der Waals surface area contributed by atoms with Gasteiger partial charge >= 0.3 is 0 Å². The van der Waals surface area contributed by atoms with Crippen molar-refractivity contribution in [3.63, 3.8) is 0 Å². The van der Waals surface area contributed by atoms with E-state index in [0.29, 0.717) is 0 Å². The summed E-state index contributed by atoms with van der Waals surface area (Å²) in [5.74, 6) is 0.991. The molecule has 1 saturated heterocycles. The molecule has 1 N–H and O–H groups in total. The maximum absolute atomic E-state index is 12.5. The maximum atomic E-state index is 12.5. The number of rotatable bonds is 8. The first kappa shape index (κ1) is 22.0. The molecule has 30 heavy (non-hydrogen) atoms. The third-order valence-corrected chi connectivity index (χ3v) is 5.56. The van der Waals surface area contributed by atoms with Gasteiger partial charge in [-0.25, -0.2) is 4.98 Å². The van der Waals surface area contributed by atoms with Gasteiger partial charge in [0, 0.05) is 63.4 Å². The number of amides is 1. The number of hydrogen-bond donors (Lipinski definition) is 1. The van der Waals surface area contributed by atoms with Crippen molar-refractivity contribution in [1.82, 2.24) is 15.2 Å². The molecule has 3 rings (SSSR count). The Hall–Kier alpha value is -2.73. The van der Waals surface area contributed by atoms with E-state index in [1.807, 2.05) is 63.4 Å². The van der Waals surface area contributed by atoms with Crippen LogP contribution in [-0.2, 0) is 4.79 Å². The van der Waals surface area contributed by atoms with Gasteiger partial charge in [-0.3, -0.25) is 14.5 Å². The fourth-order valence-corrected chi connectivity index (χ4v) is 3.88. The van der Waals surface area contributed by atoms with E-state index in [2.05, 4.69) is 20.1 Å². The number of carbonyl (C=O) groups excluding carboxylic acids is 2. The van der Waals surface area contributed by atoms with Crippen LogP contribution in [0.5, 0.6) is 0 Å². The molecule has 1 aromatic heterocycles. The predicted molar refractivity (Wildman–Crippen MR) is 120 cm³/mol. The zero-order valence-corrected chi connectivity index (χ0v) is 18.2. The summed E-state index contributed by atoms with van der Waals surface area (Å²) in [6, 6.07) is 11.9. The number of hydrogen-bond acceptors (Lipinski definition) is 5. The summed E-state index contributed by atoms with van der Waals surface area (Å²) >= 11 is 0. The standard InChI is InChI=1S/C24H32N4O2/c1-18-7-8-19(2)21(16-18)22(29)9-10-24(30)26-20(3)17-27-12-14-28(15-13-27)23-6-4-5-11-25-23/h4-8,11,16,20H,9-10,12-15,17H2,1-3H3,(H,26,30).